The predicted octanol–water partition coefficient (Wildman–Crippen LogP) is 5.09. The largest absolute Gasteiger partial charge is 0.313 e. The van der Waals surface area contributed by atoms with Crippen LogP contribution in [-0.4, -0.2) is 6.54 Å². The van der Waals surface area contributed by atoms with Crippen molar-refractivity contribution in [3.8, 4) is 0 Å². The number of hydrogen-bond acceptors (Lipinski definition) is 2. The van der Waals surface area contributed by atoms with Crippen LogP contribution in [0.3, 0.4) is 0 Å². The van der Waals surface area contributed by atoms with Crippen molar-refractivity contribution >= 4 is 11.8 Å². The fourth-order valence-electron chi connectivity index (χ4n) is 2.10. The lowest BCUT2D eigenvalue weighted by molar-refractivity contribution is 0.578. The van der Waals surface area contributed by atoms with Crippen molar-refractivity contribution in [1.29, 1.82) is 0 Å². The van der Waals surface area contributed by atoms with E-state index in [2.05, 4.69) is 44.3 Å². The lowest BCUT2D eigenvalue weighted by Crippen LogP contribution is -2.15. The zero-order valence-electron chi connectivity index (χ0n) is 12.9. The quantitative estimate of drug-likeness (QED) is 0.746. The molecule has 112 valence electrons. The Bertz CT molecular complexity index is 610. The molecule has 2 aromatic rings. The van der Waals surface area contributed by atoms with E-state index in [9.17, 15) is 4.39 Å². The van der Waals surface area contributed by atoms with Gasteiger partial charge in [-0.2, -0.15) is 0 Å². The Hall–Kier alpha value is -1.32. The number of rotatable bonds is 6. The lowest BCUT2D eigenvalue weighted by atomic mass is 10.1. The first-order valence-electron chi connectivity index (χ1n) is 7.35. The summed E-state index contributed by atoms with van der Waals surface area (Å²) in [4.78, 5) is 2.14. The first-order valence-corrected chi connectivity index (χ1v) is 8.16. The molecule has 0 aromatic heterocycles. The van der Waals surface area contributed by atoms with Crippen molar-refractivity contribution in [1.82, 2.24) is 5.32 Å². The minimum Gasteiger partial charge on any atom is -0.313 e. The molecular formula is C18H22FNS. The van der Waals surface area contributed by atoms with E-state index < -0.39 is 0 Å². The monoisotopic (exact) mass is 303 g/mol. The Balaban J connectivity index is 2.22. The summed E-state index contributed by atoms with van der Waals surface area (Å²) in [5.41, 5.74) is 3.31. The van der Waals surface area contributed by atoms with Gasteiger partial charge in [0.25, 0.3) is 0 Å². The topological polar surface area (TPSA) is 12.0 Å². The Morgan fingerprint density at radius 1 is 1.10 bits per heavy atom. The molecule has 0 heterocycles. The number of nitrogens with one attached hydrogen (secondary N) is 1. The van der Waals surface area contributed by atoms with E-state index in [1.54, 1.807) is 17.8 Å². The van der Waals surface area contributed by atoms with Gasteiger partial charge in [-0.25, -0.2) is 4.39 Å². The van der Waals surface area contributed by atoms with Crippen molar-refractivity contribution < 1.29 is 4.39 Å². The fraction of sp³-hybridized carbons (Fsp3) is 0.333. The van der Waals surface area contributed by atoms with Gasteiger partial charge < -0.3 is 5.32 Å². The Morgan fingerprint density at radius 2 is 1.90 bits per heavy atom. The van der Waals surface area contributed by atoms with Gasteiger partial charge in [0.05, 0.1) is 0 Å². The van der Waals surface area contributed by atoms with E-state index in [0.29, 0.717) is 6.54 Å². The van der Waals surface area contributed by atoms with Crippen molar-refractivity contribution in [2.24, 2.45) is 0 Å². The summed E-state index contributed by atoms with van der Waals surface area (Å²) in [6.07, 6.45) is 1.05. The summed E-state index contributed by atoms with van der Waals surface area (Å²) in [7, 11) is 0. The highest BCUT2D eigenvalue weighted by Crippen LogP contribution is 2.32. The van der Waals surface area contributed by atoms with Crippen molar-refractivity contribution in [3.05, 3.63) is 58.9 Å². The van der Waals surface area contributed by atoms with E-state index in [0.717, 1.165) is 28.3 Å². The molecule has 0 aliphatic rings. The molecule has 0 fully saturated rings. The van der Waals surface area contributed by atoms with Crippen LogP contribution in [-0.2, 0) is 6.54 Å². The van der Waals surface area contributed by atoms with E-state index in [-0.39, 0.29) is 5.82 Å². The average molecular weight is 303 g/mol. The molecule has 0 unspecified atom stereocenters. The molecule has 0 bridgehead atoms. The smallest absolute Gasteiger partial charge is 0.128 e. The lowest BCUT2D eigenvalue weighted by Gasteiger charge is -2.12. The second-order valence-electron chi connectivity index (χ2n) is 5.24. The average Bonchev–Trinajstić information content (AvgIpc) is 2.46. The third kappa shape index (κ3) is 4.32. The van der Waals surface area contributed by atoms with Crippen LogP contribution in [0.2, 0.25) is 0 Å². The van der Waals surface area contributed by atoms with Crippen LogP contribution >= 0.6 is 11.8 Å². The normalized spacial score (nSPS) is 10.9. The van der Waals surface area contributed by atoms with Crippen LogP contribution in [0.4, 0.5) is 4.39 Å². The molecule has 0 radical (unpaired) electrons. The maximum atomic E-state index is 14.1. The molecule has 0 spiro atoms. The Labute approximate surface area is 131 Å². The zero-order valence-corrected chi connectivity index (χ0v) is 13.7. The first-order chi connectivity index (χ1) is 10.1. The molecule has 0 saturated carbocycles. The van der Waals surface area contributed by atoms with Gasteiger partial charge in [0.15, 0.2) is 0 Å². The van der Waals surface area contributed by atoms with Crippen LogP contribution in [0.15, 0.2) is 46.2 Å². The summed E-state index contributed by atoms with van der Waals surface area (Å²) in [6, 6.07) is 11.7. The van der Waals surface area contributed by atoms with E-state index in [4.69, 9.17) is 0 Å². The Kier molecular flexibility index (Phi) is 5.83. The maximum Gasteiger partial charge on any atom is 0.128 e. The van der Waals surface area contributed by atoms with Gasteiger partial charge in [0, 0.05) is 21.9 Å². The van der Waals surface area contributed by atoms with Crippen molar-refractivity contribution in [3.63, 3.8) is 0 Å². The van der Waals surface area contributed by atoms with Crippen LogP contribution in [0.25, 0.3) is 0 Å². The molecule has 0 saturated heterocycles. The second kappa shape index (κ2) is 7.62. The summed E-state index contributed by atoms with van der Waals surface area (Å²) >= 11 is 1.63. The zero-order chi connectivity index (χ0) is 15.2. The second-order valence-corrected chi connectivity index (χ2v) is 6.36. The summed E-state index contributed by atoms with van der Waals surface area (Å²) in [6.45, 7) is 7.80. The summed E-state index contributed by atoms with van der Waals surface area (Å²) < 4.78 is 14.1. The number of hydrogen-bond donors (Lipinski definition) is 1. The highest BCUT2D eigenvalue weighted by molar-refractivity contribution is 7.99. The highest BCUT2D eigenvalue weighted by atomic mass is 32.2. The predicted molar refractivity (Wildman–Crippen MR) is 88.4 cm³/mol. The highest BCUT2D eigenvalue weighted by Gasteiger charge is 2.09. The number of aryl methyl sites for hydroxylation is 2. The fourth-order valence-corrected chi connectivity index (χ4v) is 3.17. The van der Waals surface area contributed by atoms with E-state index in [1.807, 2.05) is 6.07 Å². The molecule has 0 aliphatic carbocycles. The summed E-state index contributed by atoms with van der Waals surface area (Å²) in [5.74, 6) is -0.132. The summed E-state index contributed by atoms with van der Waals surface area (Å²) in [5, 5.41) is 3.29. The minimum atomic E-state index is -0.132. The third-order valence-corrected chi connectivity index (χ3v) is 4.60. The van der Waals surface area contributed by atoms with E-state index in [1.165, 1.54) is 17.2 Å². The molecule has 0 amide bonds. The minimum absolute atomic E-state index is 0.132. The third-order valence-electron chi connectivity index (χ3n) is 3.51. The molecule has 3 heteroatoms. The van der Waals surface area contributed by atoms with Crippen LogP contribution in [0, 0.1) is 19.7 Å². The van der Waals surface area contributed by atoms with Crippen LogP contribution in [0.1, 0.15) is 30.0 Å². The molecular weight excluding hydrogens is 281 g/mol. The first kappa shape index (κ1) is 16.1. The van der Waals surface area contributed by atoms with Crippen LogP contribution < -0.4 is 5.32 Å². The van der Waals surface area contributed by atoms with Gasteiger partial charge in [-0.15, -0.1) is 0 Å². The van der Waals surface area contributed by atoms with Gasteiger partial charge in [0.1, 0.15) is 5.82 Å². The van der Waals surface area contributed by atoms with Gasteiger partial charge in [-0.1, -0.05) is 30.8 Å². The maximum absolute atomic E-state index is 14.1. The molecule has 0 atom stereocenters. The van der Waals surface area contributed by atoms with E-state index >= 15 is 0 Å². The molecule has 2 aromatic carbocycles. The SMILES string of the molecule is CCCNCc1c(F)cccc1Sc1ccc(C)c(C)c1. The molecule has 21 heavy (non-hydrogen) atoms. The molecule has 1 N–H and O–H groups in total. The standard InChI is InChI=1S/C18H22FNS/c1-4-10-20-12-16-17(19)6-5-7-18(16)21-15-9-8-13(2)14(3)11-15/h5-9,11,20H,4,10,12H2,1-3H3. The van der Waals surface area contributed by atoms with Crippen LogP contribution in [0.5, 0.6) is 0 Å². The molecule has 0 aliphatic heterocycles. The van der Waals surface area contributed by atoms with Crippen molar-refractivity contribution in [2.45, 2.75) is 43.5 Å². The van der Waals surface area contributed by atoms with Gasteiger partial charge in [0.2, 0.25) is 0 Å². The van der Waals surface area contributed by atoms with Gasteiger partial charge in [-0.05, 0) is 62.2 Å². The number of halogens is 1. The van der Waals surface area contributed by atoms with Gasteiger partial charge in [-0.3, -0.25) is 0 Å². The van der Waals surface area contributed by atoms with Gasteiger partial charge >= 0.3 is 0 Å². The molecule has 1 nitrogen and oxygen atoms in total. The Morgan fingerprint density at radius 3 is 2.62 bits per heavy atom. The van der Waals surface area contributed by atoms with Crippen molar-refractivity contribution in [2.75, 3.05) is 6.54 Å². The molecule has 2 rings (SSSR count). The number of benzene rings is 2.